The molecule has 1 unspecified atom stereocenters. The van der Waals surface area contributed by atoms with Crippen LogP contribution >= 0.6 is 22.6 Å². The van der Waals surface area contributed by atoms with Crippen molar-refractivity contribution < 1.29 is 0 Å². The van der Waals surface area contributed by atoms with Crippen molar-refractivity contribution in [2.24, 2.45) is 5.41 Å². The first-order chi connectivity index (χ1) is 6.84. The highest BCUT2D eigenvalue weighted by Crippen LogP contribution is 2.28. The molecule has 1 aromatic heterocycles. The number of aromatic nitrogens is 2. The van der Waals surface area contributed by atoms with Crippen LogP contribution in [0.3, 0.4) is 0 Å². The van der Waals surface area contributed by atoms with Gasteiger partial charge in [-0.3, -0.25) is 0 Å². The molecule has 0 aliphatic rings. The van der Waals surface area contributed by atoms with Crippen molar-refractivity contribution in [1.29, 1.82) is 0 Å². The summed E-state index contributed by atoms with van der Waals surface area (Å²) >= 11 is 2.27. The van der Waals surface area contributed by atoms with Crippen molar-refractivity contribution in [1.82, 2.24) is 9.97 Å². The van der Waals surface area contributed by atoms with Crippen molar-refractivity contribution in [3.63, 3.8) is 0 Å². The van der Waals surface area contributed by atoms with Crippen LogP contribution in [-0.4, -0.2) is 23.1 Å². The molecule has 0 saturated carbocycles. The van der Waals surface area contributed by atoms with Crippen LogP contribution in [-0.2, 0) is 0 Å². The summed E-state index contributed by atoms with van der Waals surface area (Å²) < 4.78 is 1.09. The number of hydrogen-bond donors (Lipinski definition) is 0. The van der Waals surface area contributed by atoms with Crippen LogP contribution in [0.25, 0.3) is 0 Å². The Kier molecular flexibility index (Phi) is 3.92. The topological polar surface area (TPSA) is 29.0 Å². The maximum absolute atomic E-state index is 4.32. The summed E-state index contributed by atoms with van der Waals surface area (Å²) in [5.41, 5.74) is 0.239. The third kappa shape index (κ3) is 3.03. The third-order valence-corrected chi connectivity index (χ3v) is 3.58. The molecule has 0 aliphatic heterocycles. The number of anilines is 1. The zero-order valence-electron chi connectivity index (χ0n) is 9.95. The Hall–Kier alpha value is -0.390. The quantitative estimate of drug-likeness (QED) is 0.785. The minimum atomic E-state index is 0.239. The summed E-state index contributed by atoms with van der Waals surface area (Å²) in [4.78, 5) is 10.5. The standard InChI is InChI=1S/C11H18IN3/c1-8(11(2,3)4)15(5)10-9(12)6-13-7-14-10/h6-8H,1-5H3. The molecule has 0 radical (unpaired) electrons. The van der Waals surface area contributed by atoms with E-state index in [-0.39, 0.29) is 5.41 Å². The minimum Gasteiger partial charge on any atom is -0.355 e. The molecule has 0 amide bonds. The fourth-order valence-electron chi connectivity index (χ4n) is 1.33. The second-order valence-electron chi connectivity index (χ2n) is 4.85. The van der Waals surface area contributed by atoms with Gasteiger partial charge in [0.25, 0.3) is 0 Å². The van der Waals surface area contributed by atoms with Crippen LogP contribution in [0.1, 0.15) is 27.7 Å². The van der Waals surface area contributed by atoms with E-state index in [9.17, 15) is 0 Å². The molecular weight excluding hydrogens is 301 g/mol. The summed E-state index contributed by atoms with van der Waals surface area (Å²) in [7, 11) is 2.08. The fraction of sp³-hybridized carbons (Fsp3) is 0.636. The molecule has 84 valence electrons. The normalized spacial score (nSPS) is 13.7. The number of rotatable bonds is 2. The zero-order valence-corrected chi connectivity index (χ0v) is 12.1. The number of hydrogen-bond acceptors (Lipinski definition) is 3. The molecule has 0 fully saturated rings. The van der Waals surface area contributed by atoms with E-state index in [4.69, 9.17) is 0 Å². The van der Waals surface area contributed by atoms with Gasteiger partial charge < -0.3 is 4.90 Å². The lowest BCUT2D eigenvalue weighted by atomic mass is 9.87. The average Bonchev–Trinajstić information content (AvgIpc) is 2.15. The van der Waals surface area contributed by atoms with Crippen molar-refractivity contribution in [3.8, 4) is 0 Å². The molecule has 0 saturated heterocycles. The molecule has 1 atom stereocenters. The molecule has 1 aromatic rings. The monoisotopic (exact) mass is 319 g/mol. The largest absolute Gasteiger partial charge is 0.355 e. The van der Waals surface area contributed by atoms with E-state index >= 15 is 0 Å². The number of halogens is 1. The lowest BCUT2D eigenvalue weighted by Crippen LogP contribution is -2.40. The summed E-state index contributed by atoms with van der Waals surface area (Å²) in [6, 6.07) is 0.431. The van der Waals surface area contributed by atoms with Crippen molar-refractivity contribution in [3.05, 3.63) is 16.1 Å². The summed E-state index contributed by atoms with van der Waals surface area (Å²) in [6.07, 6.45) is 3.44. The van der Waals surface area contributed by atoms with Crippen molar-refractivity contribution in [2.75, 3.05) is 11.9 Å². The smallest absolute Gasteiger partial charge is 0.145 e. The van der Waals surface area contributed by atoms with Gasteiger partial charge in [0.1, 0.15) is 12.1 Å². The first kappa shape index (κ1) is 12.7. The van der Waals surface area contributed by atoms with E-state index in [1.165, 1.54) is 0 Å². The van der Waals surface area contributed by atoms with Crippen LogP contribution in [0.2, 0.25) is 0 Å². The van der Waals surface area contributed by atoms with Gasteiger partial charge in [0.2, 0.25) is 0 Å². The van der Waals surface area contributed by atoms with Crippen molar-refractivity contribution >= 4 is 28.4 Å². The van der Waals surface area contributed by atoms with E-state index in [1.807, 2.05) is 6.20 Å². The maximum Gasteiger partial charge on any atom is 0.145 e. The van der Waals surface area contributed by atoms with Gasteiger partial charge in [-0.1, -0.05) is 20.8 Å². The van der Waals surface area contributed by atoms with Gasteiger partial charge in [-0.15, -0.1) is 0 Å². The Morgan fingerprint density at radius 2 is 2.00 bits per heavy atom. The van der Waals surface area contributed by atoms with Crippen LogP contribution < -0.4 is 4.90 Å². The van der Waals surface area contributed by atoms with Gasteiger partial charge in [0.15, 0.2) is 0 Å². The van der Waals surface area contributed by atoms with Crippen LogP contribution in [0.4, 0.5) is 5.82 Å². The van der Waals surface area contributed by atoms with E-state index < -0.39 is 0 Å². The van der Waals surface area contributed by atoms with Crippen LogP contribution in [0.5, 0.6) is 0 Å². The molecule has 0 bridgehead atoms. The molecule has 0 aliphatic carbocycles. The third-order valence-electron chi connectivity index (χ3n) is 2.82. The van der Waals surface area contributed by atoms with E-state index in [0.29, 0.717) is 6.04 Å². The highest BCUT2D eigenvalue weighted by molar-refractivity contribution is 14.1. The first-order valence-electron chi connectivity index (χ1n) is 5.02. The fourth-order valence-corrected chi connectivity index (χ4v) is 2.01. The van der Waals surface area contributed by atoms with Gasteiger partial charge in [-0.05, 0) is 34.9 Å². The summed E-state index contributed by atoms with van der Waals surface area (Å²) in [5, 5.41) is 0. The maximum atomic E-state index is 4.32. The molecule has 0 N–H and O–H groups in total. The molecule has 3 nitrogen and oxygen atoms in total. The second kappa shape index (κ2) is 4.63. The van der Waals surface area contributed by atoms with Gasteiger partial charge in [-0.2, -0.15) is 0 Å². The summed E-state index contributed by atoms with van der Waals surface area (Å²) in [6.45, 7) is 8.94. The molecule has 0 spiro atoms. The number of nitrogens with zero attached hydrogens (tertiary/aromatic N) is 3. The molecule has 1 rings (SSSR count). The van der Waals surface area contributed by atoms with Crippen LogP contribution in [0, 0.1) is 8.99 Å². The van der Waals surface area contributed by atoms with E-state index in [1.54, 1.807) is 6.33 Å². The van der Waals surface area contributed by atoms with Gasteiger partial charge in [0.05, 0.1) is 3.57 Å². The van der Waals surface area contributed by atoms with Gasteiger partial charge in [-0.25, -0.2) is 9.97 Å². The molecule has 15 heavy (non-hydrogen) atoms. The predicted octanol–water partition coefficient (Wildman–Crippen LogP) is 2.95. The Morgan fingerprint density at radius 1 is 1.40 bits per heavy atom. The molecule has 0 aromatic carbocycles. The van der Waals surface area contributed by atoms with E-state index in [0.717, 1.165) is 9.39 Å². The highest BCUT2D eigenvalue weighted by Gasteiger charge is 2.25. The Labute approximate surface area is 105 Å². The zero-order chi connectivity index (χ0) is 11.6. The lowest BCUT2D eigenvalue weighted by molar-refractivity contribution is 0.328. The first-order valence-corrected chi connectivity index (χ1v) is 6.10. The van der Waals surface area contributed by atoms with Crippen LogP contribution in [0.15, 0.2) is 12.5 Å². The Balaban J connectivity index is 2.95. The highest BCUT2D eigenvalue weighted by atomic mass is 127. The second-order valence-corrected chi connectivity index (χ2v) is 6.01. The molecule has 4 heteroatoms. The van der Waals surface area contributed by atoms with Crippen molar-refractivity contribution in [2.45, 2.75) is 33.7 Å². The van der Waals surface area contributed by atoms with Gasteiger partial charge in [0, 0.05) is 19.3 Å². The summed E-state index contributed by atoms with van der Waals surface area (Å²) in [5.74, 6) is 1.01. The predicted molar refractivity (Wildman–Crippen MR) is 72.1 cm³/mol. The lowest BCUT2D eigenvalue weighted by Gasteiger charge is -2.36. The SMILES string of the molecule is CC(N(C)c1ncncc1I)C(C)(C)C. The average molecular weight is 319 g/mol. The van der Waals surface area contributed by atoms with E-state index in [2.05, 4.69) is 72.2 Å². The Morgan fingerprint density at radius 3 is 2.47 bits per heavy atom. The van der Waals surface area contributed by atoms with Gasteiger partial charge >= 0.3 is 0 Å². The molecule has 1 heterocycles. The molecular formula is C11H18IN3. The minimum absolute atomic E-state index is 0.239. The Bertz CT molecular complexity index is 333.